The van der Waals surface area contributed by atoms with Crippen molar-refractivity contribution in [2.75, 3.05) is 9.80 Å². The molecule has 0 amide bonds. The Balaban J connectivity index is 1.22. The van der Waals surface area contributed by atoms with Gasteiger partial charge in [0.25, 0.3) is 6.71 Å². The van der Waals surface area contributed by atoms with Crippen molar-refractivity contribution in [2.45, 2.75) is 52.4 Å². The minimum atomic E-state index is 0.0226. The number of ether oxygens (including phenoxy) is 1. The number of rotatable bonds is 4. The lowest BCUT2D eigenvalue weighted by Crippen LogP contribution is -2.59. The van der Waals surface area contributed by atoms with Crippen LogP contribution in [-0.4, -0.2) is 11.1 Å². The molecule has 0 unspecified atom stereocenters. The number of fused-ring (bicyclic) bond motifs is 6. The average Bonchev–Trinajstić information content (AvgIpc) is 3.51. The Morgan fingerprint density at radius 3 is 1.82 bits per heavy atom. The van der Waals surface area contributed by atoms with Crippen LogP contribution in [-0.2, 0) is 10.8 Å². The van der Waals surface area contributed by atoms with Gasteiger partial charge in [0.05, 0.1) is 0 Å². The number of para-hydroxylation sites is 1. The van der Waals surface area contributed by atoms with Crippen LogP contribution in [0.2, 0.25) is 0 Å². The van der Waals surface area contributed by atoms with Crippen molar-refractivity contribution in [3.8, 4) is 11.5 Å². The van der Waals surface area contributed by atoms with E-state index >= 15 is 0 Å². The molecular weight excluding hydrogens is 621 g/mol. The predicted molar refractivity (Wildman–Crippen MR) is 215 cm³/mol. The average molecular weight is 664 g/mol. The molecule has 2 aliphatic rings. The molecule has 0 spiro atoms. The fraction of sp³-hybridized carbons (Fsp3) is 0.174. The van der Waals surface area contributed by atoms with Crippen molar-refractivity contribution in [2.24, 2.45) is 0 Å². The lowest BCUT2D eigenvalue weighted by molar-refractivity contribution is 0.487. The second-order valence-corrected chi connectivity index (χ2v) is 16.0. The topological polar surface area (TPSA) is 20.1 Å². The number of aromatic nitrogens is 1. The molecule has 0 atom stereocenters. The zero-order valence-corrected chi connectivity index (χ0v) is 30.2. The van der Waals surface area contributed by atoms with E-state index in [1.54, 1.807) is 0 Å². The van der Waals surface area contributed by atoms with E-state index in [0.29, 0.717) is 0 Å². The van der Waals surface area contributed by atoms with Gasteiger partial charge in [-0.15, -0.1) is 0 Å². The summed E-state index contributed by atoms with van der Waals surface area (Å²) in [6.45, 7) is 13.6. The summed E-state index contributed by atoms with van der Waals surface area (Å²) in [4.78, 5) is 4.75. The molecule has 0 aliphatic carbocycles. The van der Waals surface area contributed by atoms with Crippen molar-refractivity contribution >= 4 is 62.9 Å². The molecule has 0 radical (unpaired) electrons. The first-order valence-electron chi connectivity index (χ1n) is 18.0. The van der Waals surface area contributed by atoms with Crippen molar-refractivity contribution in [1.82, 2.24) is 4.40 Å². The third-order valence-electron chi connectivity index (χ3n) is 10.6. The molecule has 5 aromatic carbocycles. The Hall–Kier alpha value is -5.68. The third-order valence-corrected chi connectivity index (χ3v) is 10.6. The van der Waals surface area contributed by atoms with Crippen LogP contribution in [0.4, 0.5) is 34.3 Å². The highest BCUT2D eigenvalue weighted by atomic mass is 16.5. The summed E-state index contributed by atoms with van der Waals surface area (Å²) in [5.41, 5.74) is 13.2. The van der Waals surface area contributed by atoms with Crippen molar-refractivity contribution in [3.05, 3.63) is 157 Å². The molecule has 0 bridgehead atoms. The van der Waals surface area contributed by atoms with Gasteiger partial charge >= 0.3 is 0 Å². The molecule has 0 fully saturated rings. The van der Waals surface area contributed by atoms with Crippen LogP contribution >= 0.6 is 0 Å². The SMILES string of the molecule is CC(C)(C)c1ccc(N(c2ccc(C(C)(C)C)cc2)c2ccc3c(c2)Oc2cccc4c2B3c2cc3ccccn3c2N4c2ccccc2)cc1. The van der Waals surface area contributed by atoms with Crippen molar-refractivity contribution in [1.29, 1.82) is 0 Å². The van der Waals surface area contributed by atoms with Gasteiger partial charge in [0.15, 0.2) is 0 Å². The maximum atomic E-state index is 6.93. The summed E-state index contributed by atoms with van der Waals surface area (Å²) in [5, 5.41) is 0. The molecule has 0 N–H and O–H groups in total. The molecule has 5 heteroatoms. The van der Waals surface area contributed by atoms with E-state index in [1.807, 2.05) is 0 Å². The lowest BCUT2D eigenvalue weighted by Gasteiger charge is -2.39. The first-order valence-corrected chi connectivity index (χ1v) is 18.0. The van der Waals surface area contributed by atoms with Crippen molar-refractivity contribution < 1.29 is 4.74 Å². The number of anilines is 6. The van der Waals surface area contributed by atoms with Crippen LogP contribution < -0.4 is 30.9 Å². The molecule has 7 aromatic rings. The third kappa shape index (κ3) is 5.14. The monoisotopic (exact) mass is 663 g/mol. The minimum Gasteiger partial charge on any atom is -0.458 e. The Morgan fingerprint density at radius 1 is 0.549 bits per heavy atom. The zero-order chi connectivity index (χ0) is 35.1. The quantitative estimate of drug-likeness (QED) is 0.175. The highest BCUT2D eigenvalue weighted by Gasteiger charge is 2.43. The Labute approximate surface area is 301 Å². The van der Waals surface area contributed by atoms with E-state index in [1.165, 1.54) is 38.8 Å². The Morgan fingerprint density at radius 2 is 1.18 bits per heavy atom. The van der Waals surface area contributed by atoms with E-state index in [2.05, 4.69) is 201 Å². The van der Waals surface area contributed by atoms with Crippen LogP contribution in [0.3, 0.4) is 0 Å². The summed E-state index contributed by atoms with van der Waals surface area (Å²) in [7, 11) is 0. The van der Waals surface area contributed by atoms with Crippen LogP contribution in [0.15, 0.2) is 146 Å². The molecule has 9 rings (SSSR count). The van der Waals surface area contributed by atoms with Crippen LogP contribution in [0.5, 0.6) is 11.5 Å². The summed E-state index contributed by atoms with van der Waals surface area (Å²) in [5.74, 6) is 2.96. The highest BCUT2D eigenvalue weighted by Crippen LogP contribution is 2.43. The Kier molecular flexibility index (Phi) is 7.02. The molecule has 2 aliphatic heterocycles. The summed E-state index contributed by atoms with van der Waals surface area (Å²) >= 11 is 0. The van der Waals surface area contributed by atoms with Gasteiger partial charge in [0, 0.05) is 46.2 Å². The largest absolute Gasteiger partial charge is 0.458 e. The van der Waals surface area contributed by atoms with Gasteiger partial charge in [-0.3, -0.25) is 4.90 Å². The smallest absolute Gasteiger partial charge is 0.258 e. The highest BCUT2D eigenvalue weighted by molar-refractivity contribution is 6.99. The van der Waals surface area contributed by atoms with Crippen LogP contribution in [0, 0.1) is 0 Å². The number of hydrogen-bond acceptors (Lipinski definition) is 3. The van der Waals surface area contributed by atoms with E-state index in [9.17, 15) is 0 Å². The van der Waals surface area contributed by atoms with Gasteiger partial charge in [-0.05, 0) is 111 Å². The van der Waals surface area contributed by atoms with Crippen LogP contribution in [0.1, 0.15) is 52.7 Å². The fourth-order valence-electron chi connectivity index (χ4n) is 7.89. The second kappa shape index (κ2) is 11.4. The van der Waals surface area contributed by atoms with E-state index in [4.69, 9.17) is 4.74 Å². The number of pyridine rings is 1. The summed E-state index contributed by atoms with van der Waals surface area (Å²) < 4.78 is 9.25. The Bertz CT molecular complexity index is 2360. The standard InChI is InChI=1S/C46H42BN3O/c1-45(2,3)31-18-22-34(23-19-31)49(35-24-20-32(21-25-35)46(4,5)6)37-26-27-38-42(30-37)51-41-17-12-16-40-43(41)47(38)39-29-36-15-10-11-28-48(36)44(39)50(40)33-13-8-7-9-14-33/h7-30H,1-6H3. The number of hydrogen-bond donors (Lipinski definition) is 0. The molecule has 4 nitrogen and oxygen atoms in total. The van der Waals surface area contributed by atoms with Gasteiger partial charge in [0.2, 0.25) is 0 Å². The van der Waals surface area contributed by atoms with Gasteiger partial charge in [-0.2, -0.15) is 0 Å². The summed E-state index contributed by atoms with van der Waals surface area (Å²) in [6.07, 6.45) is 2.18. The van der Waals surface area contributed by atoms with Crippen molar-refractivity contribution in [3.63, 3.8) is 0 Å². The van der Waals surface area contributed by atoms with Gasteiger partial charge in [-0.1, -0.05) is 102 Å². The van der Waals surface area contributed by atoms with Gasteiger partial charge in [0.1, 0.15) is 17.3 Å². The van der Waals surface area contributed by atoms with Gasteiger partial charge in [-0.25, -0.2) is 0 Å². The summed E-state index contributed by atoms with van der Waals surface area (Å²) in [6, 6.07) is 50.8. The predicted octanol–water partition coefficient (Wildman–Crippen LogP) is 10.4. The molecule has 2 aromatic heterocycles. The molecule has 4 heterocycles. The normalized spacial score (nSPS) is 13.4. The second-order valence-electron chi connectivity index (χ2n) is 16.0. The fourth-order valence-corrected chi connectivity index (χ4v) is 7.89. The first-order chi connectivity index (χ1) is 24.6. The first kappa shape index (κ1) is 31.3. The van der Waals surface area contributed by atoms with Gasteiger partial charge < -0.3 is 14.0 Å². The van der Waals surface area contributed by atoms with E-state index in [-0.39, 0.29) is 17.5 Å². The minimum absolute atomic E-state index is 0.0226. The van der Waals surface area contributed by atoms with E-state index < -0.39 is 0 Å². The maximum Gasteiger partial charge on any atom is 0.258 e. The number of nitrogens with zero attached hydrogens (tertiary/aromatic N) is 3. The molecular formula is C46H42BN3O. The van der Waals surface area contributed by atoms with E-state index in [0.717, 1.165) is 39.9 Å². The number of benzene rings is 5. The molecule has 0 saturated heterocycles. The zero-order valence-electron chi connectivity index (χ0n) is 30.2. The maximum absolute atomic E-state index is 6.93. The molecule has 0 saturated carbocycles. The molecule has 250 valence electrons. The lowest BCUT2D eigenvalue weighted by atomic mass is 9.34. The molecule has 51 heavy (non-hydrogen) atoms. The van der Waals surface area contributed by atoms with Crippen LogP contribution in [0.25, 0.3) is 5.52 Å².